The number of carbonyl (C=O) groups excluding carboxylic acids is 2. The van der Waals surface area contributed by atoms with Crippen LogP contribution in [0.2, 0.25) is 0 Å². The van der Waals surface area contributed by atoms with Crippen LogP contribution in [0.15, 0.2) is 36.4 Å². The first-order valence-corrected chi connectivity index (χ1v) is 9.07. The van der Waals surface area contributed by atoms with Crippen LogP contribution in [0.1, 0.15) is 22.3 Å². The van der Waals surface area contributed by atoms with E-state index in [4.69, 9.17) is 24.7 Å². The Morgan fingerprint density at radius 1 is 1.00 bits per heavy atom. The molecule has 0 atom stereocenters. The van der Waals surface area contributed by atoms with Gasteiger partial charge in [-0.05, 0) is 12.5 Å². The fraction of sp³-hybridized carbons (Fsp3) is 0.333. The molecular formula is C21H26N2O6. The number of anilines is 1. The SMILES string of the molecule is COC(=O)c1cc(OCCCNC(=O)Cc2ccccc2OC)c(OC)cc1N. The van der Waals surface area contributed by atoms with E-state index in [0.29, 0.717) is 36.8 Å². The van der Waals surface area contributed by atoms with Crippen LogP contribution in [0.4, 0.5) is 5.69 Å². The molecule has 0 aliphatic heterocycles. The molecule has 0 spiro atoms. The van der Waals surface area contributed by atoms with Crippen molar-refractivity contribution in [3.05, 3.63) is 47.5 Å². The monoisotopic (exact) mass is 402 g/mol. The normalized spacial score (nSPS) is 10.2. The summed E-state index contributed by atoms with van der Waals surface area (Å²) in [6, 6.07) is 10.4. The molecule has 29 heavy (non-hydrogen) atoms. The zero-order chi connectivity index (χ0) is 21.2. The predicted molar refractivity (Wildman–Crippen MR) is 109 cm³/mol. The summed E-state index contributed by atoms with van der Waals surface area (Å²) in [5, 5.41) is 2.85. The lowest BCUT2D eigenvalue weighted by Crippen LogP contribution is -2.27. The maximum absolute atomic E-state index is 12.1. The van der Waals surface area contributed by atoms with Crippen molar-refractivity contribution in [3.8, 4) is 17.2 Å². The molecule has 0 unspecified atom stereocenters. The highest BCUT2D eigenvalue weighted by molar-refractivity contribution is 5.96. The van der Waals surface area contributed by atoms with Gasteiger partial charge in [0.2, 0.25) is 5.91 Å². The van der Waals surface area contributed by atoms with Gasteiger partial charge in [-0.15, -0.1) is 0 Å². The fourth-order valence-corrected chi connectivity index (χ4v) is 2.70. The number of esters is 1. The number of hydrogen-bond donors (Lipinski definition) is 2. The van der Waals surface area contributed by atoms with Gasteiger partial charge in [-0.2, -0.15) is 0 Å². The number of benzene rings is 2. The maximum atomic E-state index is 12.1. The molecule has 0 saturated carbocycles. The molecule has 0 aliphatic rings. The number of ether oxygens (including phenoxy) is 4. The highest BCUT2D eigenvalue weighted by atomic mass is 16.5. The van der Waals surface area contributed by atoms with Crippen molar-refractivity contribution >= 4 is 17.6 Å². The molecule has 1 amide bonds. The minimum Gasteiger partial charge on any atom is -0.496 e. The number of nitrogen functional groups attached to an aromatic ring is 1. The summed E-state index contributed by atoms with van der Waals surface area (Å²) in [5.41, 5.74) is 7.11. The lowest BCUT2D eigenvalue weighted by molar-refractivity contribution is -0.120. The van der Waals surface area contributed by atoms with E-state index in [1.54, 1.807) is 7.11 Å². The number of rotatable bonds is 10. The summed E-state index contributed by atoms with van der Waals surface area (Å²) in [6.07, 6.45) is 0.803. The predicted octanol–water partition coefficient (Wildman–Crippen LogP) is 2.20. The maximum Gasteiger partial charge on any atom is 0.340 e. The Morgan fingerprint density at radius 2 is 1.72 bits per heavy atom. The van der Waals surface area contributed by atoms with E-state index in [0.717, 1.165) is 5.56 Å². The third kappa shape index (κ3) is 6.03. The second kappa shape index (κ2) is 10.8. The fourth-order valence-electron chi connectivity index (χ4n) is 2.70. The third-order valence-electron chi connectivity index (χ3n) is 4.19. The van der Waals surface area contributed by atoms with E-state index in [1.165, 1.54) is 26.4 Å². The van der Waals surface area contributed by atoms with Crippen molar-refractivity contribution in [1.29, 1.82) is 0 Å². The molecule has 2 rings (SSSR count). The minimum atomic E-state index is -0.557. The summed E-state index contributed by atoms with van der Waals surface area (Å²) in [4.78, 5) is 23.9. The third-order valence-corrected chi connectivity index (χ3v) is 4.19. The Hall–Kier alpha value is -3.42. The highest BCUT2D eigenvalue weighted by Crippen LogP contribution is 2.32. The topological polar surface area (TPSA) is 109 Å². The largest absolute Gasteiger partial charge is 0.496 e. The molecule has 2 aromatic rings. The van der Waals surface area contributed by atoms with Crippen molar-refractivity contribution in [1.82, 2.24) is 5.32 Å². The number of methoxy groups -OCH3 is 3. The van der Waals surface area contributed by atoms with Crippen molar-refractivity contribution in [2.75, 3.05) is 40.2 Å². The second-order valence-electron chi connectivity index (χ2n) is 6.12. The zero-order valence-corrected chi connectivity index (χ0v) is 16.8. The first-order chi connectivity index (χ1) is 14.0. The van der Waals surface area contributed by atoms with Crippen molar-refractivity contribution < 1.29 is 28.5 Å². The number of amides is 1. The molecule has 0 heterocycles. The summed E-state index contributed by atoms with van der Waals surface area (Å²) in [5.74, 6) is 0.812. The quantitative estimate of drug-likeness (QED) is 0.356. The van der Waals surface area contributed by atoms with Gasteiger partial charge in [0.25, 0.3) is 0 Å². The molecule has 8 heteroatoms. The van der Waals surface area contributed by atoms with Gasteiger partial charge in [-0.1, -0.05) is 18.2 Å². The van der Waals surface area contributed by atoms with Crippen LogP contribution in [0.25, 0.3) is 0 Å². The van der Waals surface area contributed by atoms with Crippen molar-refractivity contribution in [3.63, 3.8) is 0 Å². The van der Waals surface area contributed by atoms with Crippen LogP contribution in [0.3, 0.4) is 0 Å². The van der Waals surface area contributed by atoms with Crippen LogP contribution in [0, 0.1) is 0 Å². The van der Waals surface area contributed by atoms with Crippen LogP contribution >= 0.6 is 0 Å². The van der Waals surface area contributed by atoms with Gasteiger partial charge in [0.1, 0.15) is 5.75 Å². The number of carbonyl (C=O) groups is 2. The molecule has 0 fully saturated rings. The van der Waals surface area contributed by atoms with Crippen LogP contribution in [-0.2, 0) is 16.0 Å². The lowest BCUT2D eigenvalue weighted by Gasteiger charge is -2.14. The van der Waals surface area contributed by atoms with Crippen LogP contribution < -0.4 is 25.3 Å². The average Bonchev–Trinajstić information content (AvgIpc) is 2.73. The summed E-state index contributed by atoms with van der Waals surface area (Å²) < 4.78 is 20.9. The first kappa shape index (κ1) is 21.9. The van der Waals surface area contributed by atoms with Gasteiger partial charge in [0.15, 0.2) is 11.5 Å². The standard InChI is InChI=1S/C21H26N2O6/c1-26-17-8-5-4-7-14(17)11-20(24)23-9-6-10-29-19-12-15(21(25)28-3)16(22)13-18(19)27-2/h4-5,7-8,12-13H,6,9-11,22H2,1-3H3,(H,23,24). The summed E-state index contributed by atoms with van der Waals surface area (Å²) in [7, 11) is 4.34. The van der Waals surface area contributed by atoms with Crippen molar-refractivity contribution in [2.45, 2.75) is 12.8 Å². The minimum absolute atomic E-state index is 0.104. The summed E-state index contributed by atoms with van der Waals surface area (Å²) in [6.45, 7) is 0.755. The smallest absolute Gasteiger partial charge is 0.340 e. The Morgan fingerprint density at radius 3 is 2.41 bits per heavy atom. The molecular weight excluding hydrogens is 376 g/mol. The number of hydrogen-bond acceptors (Lipinski definition) is 7. The average molecular weight is 402 g/mol. The van der Waals surface area contributed by atoms with Gasteiger partial charge >= 0.3 is 5.97 Å². The molecule has 156 valence electrons. The summed E-state index contributed by atoms with van der Waals surface area (Å²) >= 11 is 0. The second-order valence-corrected chi connectivity index (χ2v) is 6.12. The Kier molecular flexibility index (Phi) is 8.14. The van der Waals surface area contributed by atoms with Crippen molar-refractivity contribution in [2.24, 2.45) is 0 Å². The van der Waals surface area contributed by atoms with E-state index in [1.807, 2.05) is 24.3 Å². The molecule has 0 saturated heterocycles. The molecule has 3 N–H and O–H groups in total. The van der Waals surface area contributed by atoms with Gasteiger partial charge in [0, 0.05) is 24.2 Å². The van der Waals surface area contributed by atoms with E-state index in [-0.39, 0.29) is 23.6 Å². The number of nitrogens with one attached hydrogen (secondary N) is 1. The van der Waals surface area contributed by atoms with Gasteiger partial charge < -0.3 is 30.0 Å². The molecule has 8 nitrogen and oxygen atoms in total. The molecule has 0 aromatic heterocycles. The van der Waals surface area contributed by atoms with E-state index in [2.05, 4.69) is 5.32 Å². The molecule has 0 bridgehead atoms. The highest BCUT2D eigenvalue weighted by Gasteiger charge is 2.16. The van der Waals surface area contributed by atoms with Crippen LogP contribution in [-0.4, -0.2) is 46.4 Å². The molecule has 0 radical (unpaired) electrons. The van der Waals surface area contributed by atoms with Gasteiger partial charge in [-0.3, -0.25) is 4.79 Å². The molecule has 0 aliphatic carbocycles. The van der Waals surface area contributed by atoms with E-state index >= 15 is 0 Å². The lowest BCUT2D eigenvalue weighted by atomic mass is 10.1. The Bertz CT molecular complexity index is 853. The number of para-hydroxylation sites is 1. The Balaban J connectivity index is 1.84. The molecule has 2 aromatic carbocycles. The first-order valence-electron chi connectivity index (χ1n) is 9.07. The van der Waals surface area contributed by atoms with E-state index < -0.39 is 5.97 Å². The van der Waals surface area contributed by atoms with Gasteiger partial charge in [-0.25, -0.2) is 4.79 Å². The Labute approximate surface area is 169 Å². The zero-order valence-electron chi connectivity index (χ0n) is 16.8. The van der Waals surface area contributed by atoms with E-state index in [9.17, 15) is 9.59 Å². The van der Waals surface area contributed by atoms with Crippen LogP contribution in [0.5, 0.6) is 17.2 Å². The number of nitrogens with two attached hydrogens (primary N) is 1. The van der Waals surface area contributed by atoms with Gasteiger partial charge in [0.05, 0.1) is 45.6 Å².